The molecule has 0 bridgehead atoms. The lowest BCUT2D eigenvalue weighted by Gasteiger charge is -2.26. The molecule has 0 radical (unpaired) electrons. The van der Waals surface area contributed by atoms with Crippen molar-refractivity contribution < 1.29 is 28.7 Å². The molecule has 0 spiro atoms. The van der Waals surface area contributed by atoms with Crippen LogP contribution in [0.1, 0.15) is 31.5 Å². The normalized spacial score (nSPS) is 21.1. The van der Waals surface area contributed by atoms with Gasteiger partial charge >= 0.3 is 0 Å². The number of hydrogen-bond acceptors (Lipinski definition) is 8. The number of hydrogen-bond donors (Lipinski definition) is 2. The van der Waals surface area contributed by atoms with Crippen LogP contribution >= 0.6 is 0 Å². The summed E-state index contributed by atoms with van der Waals surface area (Å²) < 4.78 is 10.7. The van der Waals surface area contributed by atoms with Gasteiger partial charge in [0.1, 0.15) is 5.60 Å². The molecular weight excluding hydrogens is 512 g/mol. The van der Waals surface area contributed by atoms with E-state index in [9.17, 15) is 19.2 Å². The summed E-state index contributed by atoms with van der Waals surface area (Å²) in [4.78, 5) is 59.0. The van der Waals surface area contributed by atoms with Crippen molar-refractivity contribution in [3.8, 4) is 0 Å². The molecule has 40 heavy (non-hydrogen) atoms. The first-order chi connectivity index (χ1) is 19.2. The highest BCUT2D eigenvalue weighted by atomic mass is 16.6. The number of nitrogens with zero attached hydrogens (tertiary/aromatic N) is 2. The molecule has 1 aromatic carbocycles. The maximum Gasteiger partial charge on any atom is 0.234 e. The van der Waals surface area contributed by atoms with E-state index in [1.54, 1.807) is 32.2 Å². The largest absolute Gasteiger partial charge is 0.379 e. The molecule has 10 nitrogen and oxygen atoms in total. The van der Waals surface area contributed by atoms with E-state index >= 15 is 0 Å². The number of epoxide rings is 1. The number of rotatable bonds is 14. The third-order valence-electron chi connectivity index (χ3n) is 7.35. The van der Waals surface area contributed by atoms with Crippen LogP contribution in [0.4, 0.5) is 0 Å². The predicted molar refractivity (Wildman–Crippen MR) is 147 cm³/mol. The lowest BCUT2D eigenvalue weighted by molar-refractivity contribution is -0.134. The van der Waals surface area contributed by atoms with Gasteiger partial charge in [-0.25, -0.2) is 0 Å². The van der Waals surface area contributed by atoms with Crippen LogP contribution in [0.15, 0.2) is 54.7 Å². The van der Waals surface area contributed by atoms with Gasteiger partial charge in [-0.2, -0.15) is 0 Å². The minimum atomic E-state index is -0.918. The molecule has 2 amide bonds. The Bertz CT molecular complexity index is 1170. The Kier molecular flexibility index (Phi) is 10.1. The molecule has 1 aromatic heterocycles. The molecule has 2 aromatic rings. The molecule has 2 saturated heterocycles. The molecule has 0 saturated carbocycles. The number of carbonyl (C=O) groups is 4. The number of Topliss-reactive ketones (excluding diaryl/α,β-unsaturated/α-hetero) is 2. The molecule has 0 unspecified atom stereocenters. The van der Waals surface area contributed by atoms with Crippen LogP contribution in [-0.2, 0) is 41.5 Å². The molecule has 0 aliphatic carbocycles. The standard InChI is InChI=1S/C30H38N4O6/c1-21(32-27(36)19-34-12-14-39-15-13-34)26(35)18-23(17-24-10-6-7-11-31-24)29(38)33-25(28(37)30(2)20-40-30)16-22-8-4-3-5-9-22/h3-11,21,23,25H,12-20H2,1-2H3,(H,32,36)(H,33,38)/t21-,23+,25-,30+/m0/s1. The maximum atomic E-state index is 13.7. The first-order valence-electron chi connectivity index (χ1n) is 13.8. The number of morpholine rings is 1. The molecule has 2 fully saturated rings. The van der Waals surface area contributed by atoms with Crippen molar-refractivity contribution >= 4 is 23.4 Å². The number of amides is 2. The third kappa shape index (κ3) is 8.51. The van der Waals surface area contributed by atoms with Crippen LogP contribution < -0.4 is 10.6 Å². The number of ketones is 2. The van der Waals surface area contributed by atoms with E-state index < -0.39 is 29.5 Å². The van der Waals surface area contributed by atoms with Gasteiger partial charge in [0, 0.05) is 37.8 Å². The summed E-state index contributed by atoms with van der Waals surface area (Å²) in [6.07, 6.45) is 2.05. The van der Waals surface area contributed by atoms with Crippen molar-refractivity contribution in [2.45, 2.75) is 50.8 Å². The van der Waals surface area contributed by atoms with Crippen LogP contribution in [0.2, 0.25) is 0 Å². The van der Waals surface area contributed by atoms with Gasteiger partial charge in [-0.3, -0.25) is 29.1 Å². The van der Waals surface area contributed by atoms with Crippen LogP contribution in [0.25, 0.3) is 0 Å². The second-order valence-electron chi connectivity index (χ2n) is 10.7. The number of ether oxygens (including phenoxy) is 2. The molecule has 214 valence electrons. The zero-order valence-corrected chi connectivity index (χ0v) is 23.1. The highest BCUT2D eigenvalue weighted by Gasteiger charge is 2.50. The van der Waals surface area contributed by atoms with Crippen molar-refractivity contribution in [1.29, 1.82) is 0 Å². The summed E-state index contributed by atoms with van der Waals surface area (Å²) in [7, 11) is 0. The molecule has 10 heteroatoms. The van der Waals surface area contributed by atoms with E-state index in [4.69, 9.17) is 9.47 Å². The topological polar surface area (TPSA) is 130 Å². The van der Waals surface area contributed by atoms with Gasteiger partial charge in [-0.15, -0.1) is 0 Å². The summed E-state index contributed by atoms with van der Waals surface area (Å²) in [5.41, 5.74) is 0.639. The lowest BCUT2D eigenvalue weighted by Crippen LogP contribution is -2.50. The average Bonchev–Trinajstić information content (AvgIpc) is 3.71. The predicted octanol–water partition coefficient (Wildman–Crippen LogP) is 1.12. The van der Waals surface area contributed by atoms with E-state index in [1.807, 2.05) is 41.3 Å². The van der Waals surface area contributed by atoms with Gasteiger partial charge in [0.15, 0.2) is 11.6 Å². The van der Waals surface area contributed by atoms with Gasteiger partial charge in [0.05, 0.1) is 44.4 Å². The Morgan fingerprint density at radius 3 is 2.35 bits per heavy atom. The van der Waals surface area contributed by atoms with Crippen molar-refractivity contribution in [2.75, 3.05) is 39.5 Å². The Labute approximate surface area is 234 Å². The summed E-state index contributed by atoms with van der Waals surface area (Å²) in [6, 6.07) is 13.3. The van der Waals surface area contributed by atoms with Gasteiger partial charge in [0.25, 0.3) is 0 Å². The maximum absolute atomic E-state index is 13.7. The first-order valence-corrected chi connectivity index (χ1v) is 13.8. The molecule has 2 aliphatic heterocycles. The fraction of sp³-hybridized carbons (Fsp3) is 0.500. The fourth-order valence-corrected chi connectivity index (χ4v) is 4.75. The second-order valence-corrected chi connectivity index (χ2v) is 10.7. The summed E-state index contributed by atoms with van der Waals surface area (Å²) >= 11 is 0. The minimum absolute atomic E-state index is 0.110. The van der Waals surface area contributed by atoms with Gasteiger partial charge in [0.2, 0.25) is 11.8 Å². The summed E-state index contributed by atoms with van der Waals surface area (Å²) in [5, 5.41) is 5.68. The van der Waals surface area contributed by atoms with Crippen molar-refractivity contribution in [3.05, 3.63) is 66.0 Å². The third-order valence-corrected chi connectivity index (χ3v) is 7.35. The van der Waals surface area contributed by atoms with Crippen molar-refractivity contribution in [1.82, 2.24) is 20.5 Å². The summed E-state index contributed by atoms with van der Waals surface area (Å²) in [6.45, 7) is 6.31. The van der Waals surface area contributed by atoms with Gasteiger partial charge < -0.3 is 20.1 Å². The molecule has 4 rings (SSSR count). The van der Waals surface area contributed by atoms with E-state index in [2.05, 4.69) is 15.6 Å². The van der Waals surface area contributed by atoms with Gasteiger partial charge in [-0.05, 0) is 38.0 Å². The SMILES string of the molecule is C[C@H](NC(=O)CN1CCOCC1)C(=O)C[C@@H](Cc1ccccn1)C(=O)N[C@@H](Cc1ccccc1)C(=O)[C@@]1(C)CO1. The Morgan fingerprint density at radius 2 is 1.70 bits per heavy atom. The quantitative estimate of drug-likeness (QED) is 0.335. The van der Waals surface area contributed by atoms with Crippen molar-refractivity contribution in [2.24, 2.45) is 5.92 Å². The van der Waals surface area contributed by atoms with E-state index in [0.29, 0.717) is 45.0 Å². The molecule has 4 atom stereocenters. The molecular formula is C30H38N4O6. The van der Waals surface area contributed by atoms with Crippen LogP contribution in [0, 0.1) is 5.92 Å². The highest BCUT2D eigenvalue weighted by molar-refractivity contribution is 5.98. The van der Waals surface area contributed by atoms with Crippen molar-refractivity contribution in [3.63, 3.8) is 0 Å². The molecule has 2 N–H and O–H groups in total. The number of aromatic nitrogens is 1. The molecule has 3 heterocycles. The highest BCUT2D eigenvalue weighted by Crippen LogP contribution is 2.29. The van der Waals surface area contributed by atoms with E-state index in [0.717, 1.165) is 5.56 Å². The zero-order chi connectivity index (χ0) is 28.5. The fourth-order valence-electron chi connectivity index (χ4n) is 4.75. The van der Waals surface area contributed by atoms with E-state index in [1.165, 1.54) is 0 Å². The monoisotopic (exact) mass is 550 g/mol. The summed E-state index contributed by atoms with van der Waals surface area (Å²) in [5.74, 6) is -1.91. The van der Waals surface area contributed by atoms with Gasteiger partial charge in [-0.1, -0.05) is 36.4 Å². The second kappa shape index (κ2) is 13.7. The number of pyridine rings is 1. The number of benzene rings is 1. The Hall–Kier alpha value is -3.47. The smallest absolute Gasteiger partial charge is 0.234 e. The van der Waals surface area contributed by atoms with Crippen LogP contribution in [0.3, 0.4) is 0 Å². The average molecular weight is 551 g/mol. The first kappa shape index (κ1) is 29.5. The van der Waals surface area contributed by atoms with Crippen LogP contribution in [0.5, 0.6) is 0 Å². The molecule has 2 aliphatic rings. The van der Waals surface area contributed by atoms with E-state index in [-0.39, 0.29) is 36.9 Å². The Balaban J connectivity index is 1.44. The number of nitrogens with one attached hydrogen (secondary N) is 2. The van der Waals surface area contributed by atoms with Crippen LogP contribution in [-0.4, -0.2) is 90.4 Å². The minimum Gasteiger partial charge on any atom is -0.379 e. The lowest BCUT2D eigenvalue weighted by atomic mass is 9.91. The Morgan fingerprint density at radius 1 is 1.00 bits per heavy atom. The zero-order valence-electron chi connectivity index (χ0n) is 23.1. The number of carbonyl (C=O) groups excluding carboxylic acids is 4.